The highest BCUT2D eigenvalue weighted by Crippen LogP contribution is 2.08. The molecule has 1 fully saturated rings. The summed E-state index contributed by atoms with van der Waals surface area (Å²) in [5.74, 6) is 0.162. The predicted molar refractivity (Wildman–Crippen MR) is 93.3 cm³/mol. The molecule has 1 aliphatic rings. The van der Waals surface area contributed by atoms with Crippen molar-refractivity contribution < 1.29 is 4.79 Å². The van der Waals surface area contributed by atoms with Crippen LogP contribution in [0.1, 0.15) is 31.7 Å². The Labute approximate surface area is 140 Å². The van der Waals surface area contributed by atoms with Crippen molar-refractivity contribution >= 4 is 18.3 Å². The molecule has 0 aromatic heterocycles. The fourth-order valence-corrected chi connectivity index (χ4v) is 2.96. The number of carbonyl (C=O) groups is 1. The molecule has 22 heavy (non-hydrogen) atoms. The first-order chi connectivity index (χ1) is 10.1. The van der Waals surface area contributed by atoms with E-state index in [2.05, 4.69) is 53.8 Å². The summed E-state index contributed by atoms with van der Waals surface area (Å²) in [6.45, 7) is 4.89. The third-order valence-corrected chi connectivity index (χ3v) is 3.88. The smallest absolute Gasteiger partial charge is 0.221 e. The van der Waals surface area contributed by atoms with Gasteiger partial charge in [-0.2, -0.15) is 0 Å². The first kappa shape index (κ1) is 18.9. The van der Waals surface area contributed by atoms with Crippen molar-refractivity contribution in [2.24, 2.45) is 0 Å². The van der Waals surface area contributed by atoms with Crippen LogP contribution in [0.2, 0.25) is 0 Å². The predicted octanol–water partition coefficient (Wildman–Crippen LogP) is 2.19. The van der Waals surface area contributed by atoms with E-state index >= 15 is 0 Å². The minimum absolute atomic E-state index is 0. The Morgan fingerprint density at radius 1 is 1.41 bits per heavy atom. The number of hydrogen-bond donors (Lipinski definition) is 2. The zero-order valence-corrected chi connectivity index (χ0v) is 14.4. The Morgan fingerprint density at radius 3 is 2.77 bits per heavy atom. The van der Waals surface area contributed by atoms with E-state index in [1.165, 1.54) is 12.0 Å². The highest BCUT2D eigenvalue weighted by atomic mass is 35.5. The number of hydrogen-bond acceptors (Lipinski definition) is 3. The lowest BCUT2D eigenvalue weighted by molar-refractivity contribution is -0.122. The van der Waals surface area contributed by atoms with E-state index < -0.39 is 0 Å². The molecule has 1 heterocycles. The van der Waals surface area contributed by atoms with E-state index in [1.807, 2.05) is 6.07 Å². The van der Waals surface area contributed by atoms with Gasteiger partial charge in [-0.05, 0) is 38.9 Å². The minimum atomic E-state index is 0. The molecular formula is C17H28ClN3O. The van der Waals surface area contributed by atoms with Crippen molar-refractivity contribution in [2.45, 2.75) is 44.8 Å². The quantitative estimate of drug-likeness (QED) is 0.807. The van der Waals surface area contributed by atoms with Gasteiger partial charge >= 0.3 is 0 Å². The lowest BCUT2D eigenvalue weighted by atomic mass is 10.1. The van der Waals surface area contributed by atoms with Gasteiger partial charge in [-0.1, -0.05) is 30.3 Å². The first-order valence-corrected chi connectivity index (χ1v) is 7.88. The van der Waals surface area contributed by atoms with Crippen molar-refractivity contribution in [3.05, 3.63) is 35.9 Å². The number of nitrogens with zero attached hydrogens (tertiary/aromatic N) is 1. The Bertz CT molecular complexity index is 435. The van der Waals surface area contributed by atoms with Crippen LogP contribution in [0.15, 0.2) is 30.3 Å². The monoisotopic (exact) mass is 325 g/mol. The second kappa shape index (κ2) is 9.82. The summed E-state index contributed by atoms with van der Waals surface area (Å²) in [7, 11) is 2.09. The van der Waals surface area contributed by atoms with Gasteiger partial charge < -0.3 is 15.5 Å². The van der Waals surface area contributed by atoms with Crippen molar-refractivity contribution in [3.8, 4) is 0 Å². The number of nitrogens with one attached hydrogen (secondary N) is 2. The average molecular weight is 326 g/mol. The molecule has 4 nitrogen and oxygen atoms in total. The third kappa shape index (κ3) is 6.77. The van der Waals surface area contributed by atoms with Gasteiger partial charge in [0.2, 0.25) is 5.91 Å². The maximum atomic E-state index is 12.0. The van der Waals surface area contributed by atoms with Crippen molar-refractivity contribution in [1.82, 2.24) is 15.5 Å². The fourth-order valence-electron chi connectivity index (χ4n) is 2.96. The summed E-state index contributed by atoms with van der Waals surface area (Å²) in [5.41, 5.74) is 1.30. The molecule has 1 amide bonds. The van der Waals surface area contributed by atoms with Crippen molar-refractivity contribution in [1.29, 1.82) is 0 Å². The number of likely N-dealkylation sites (N-methyl/N-ethyl adjacent to an activating group) is 1. The number of rotatable bonds is 7. The zero-order chi connectivity index (χ0) is 15.1. The molecule has 2 unspecified atom stereocenters. The SMILES string of the molecule is CC(CN(C)Cc1ccccc1)NC(=O)CC1CCCN1.Cl. The molecule has 1 aliphatic heterocycles. The van der Waals surface area contributed by atoms with E-state index in [0.717, 1.165) is 26.1 Å². The average Bonchev–Trinajstić information content (AvgIpc) is 2.91. The maximum Gasteiger partial charge on any atom is 0.221 e. The summed E-state index contributed by atoms with van der Waals surface area (Å²) in [4.78, 5) is 14.2. The van der Waals surface area contributed by atoms with Gasteiger partial charge in [0.25, 0.3) is 0 Å². The Morgan fingerprint density at radius 2 is 2.14 bits per heavy atom. The molecular weight excluding hydrogens is 298 g/mol. The Hall–Kier alpha value is -1.10. The number of halogens is 1. The highest BCUT2D eigenvalue weighted by molar-refractivity contribution is 5.85. The van der Waals surface area contributed by atoms with Crippen LogP contribution < -0.4 is 10.6 Å². The lowest BCUT2D eigenvalue weighted by Gasteiger charge is -2.23. The van der Waals surface area contributed by atoms with Crippen LogP contribution in [0.5, 0.6) is 0 Å². The highest BCUT2D eigenvalue weighted by Gasteiger charge is 2.18. The fraction of sp³-hybridized carbons (Fsp3) is 0.588. The van der Waals surface area contributed by atoms with Gasteiger partial charge in [-0.25, -0.2) is 0 Å². The Balaban J connectivity index is 0.00000242. The van der Waals surface area contributed by atoms with Gasteiger partial charge in [0, 0.05) is 31.6 Å². The van der Waals surface area contributed by atoms with E-state index in [1.54, 1.807) is 0 Å². The molecule has 124 valence electrons. The van der Waals surface area contributed by atoms with E-state index in [0.29, 0.717) is 12.5 Å². The topological polar surface area (TPSA) is 44.4 Å². The summed E-state index contributed by atoms with van der Waals surface area (Å²) in [6, 6.07) is 11.0. The molecule has 1 saturated heterocycles. The molecule has 0 spiro atoms. The second-order valence-corrected chi connectivity index (χ2v) is 6.15. The summed E-state index contributed by atoms with van der Waals surface area (Å²) in [5, 5.41) is 6.47. The summed E-state index contributed by atoms with van der Waals surface area (Å²) in [6.07, 6.45) is 2.91. The largest absolute Gasteiger partial charge is 0.352 e. The van der Waals surface area contributed by atoms with Crippen LogP contribution in [0.4, 0.5) is 0 Å². The summed E-state index contributed by atoms with van der Waals surface area (Å²) < 4.78 is 0. The van der Waals surface area contributed by atoms with E-state index in [9.17, 15) is 4.79 Å². The second-order valence-electron chi connectivity index (χ2n) is 6.15. The third-order valence-electron chi connectivity index (χ3n) is 3.88. The van der Waals surface area contributed by atoms with Gasteiger partial charge in [-0.15, -0.1) is 12.4 Å². The molecule has 2 rings (SSSR count). The summed E-state index contributed by atoms with van der Waals surface area (Å²) >= 11 is 0. The Kier molecular flexibility index (Phi) is 8.46. The maximum absolute atomic E-state index is 12.0. The molecule has 1 aromatic carbocycles. The molecule has 0 radical (unpaired) electrons. The molecule has 5 heteroatoms. The van der Waals surface area contributed by atoms with Crippen LogP contribution in [-0.2, 0) is 11.3 Å². The molecule has 2 atom stereocenters. The van der Waals surface area contributed by atoms with Crippen LogP contribution >= 0.6 is 12.4 Å². The van der Waals surface area contributed by atoms with Crippen LogP contribution in [0.3, 0.4) is 0 Å². The van der Waals surface area contributed by atoms with E-state index in [4.69, 9.17) is 0 Å². The number of carbonyl (C=O) groups excluding carboxylic acids is 1. The molecule has 2 N–H and O–H groups in total. The van der Waals surface area contributed by atoms with Crippen LogP contribution in [0.25, 0.3) is 0 Å². The van der Waals surface area contributed by atoms with Crippen LogP contribution in [0, 0.1) is 0 Å². The van der Waals surface area contributed by atoms with Gasteiger partial charge in [0.15, 0.2) is 0 Å². The van der Waals surface area contributed by atoms with Crippen molar-refractivity contribution in [2.75, 3.05) is 20.1 Å². The normalized spacial score (nSPS) is 18.8. The van der Waals surface area contributed by atoms with Gasteiger partial charge in [0.05, 0.1) is 0 Å². The van der Waals surface area contributed by atoms with Gasteiger partial charge in [-0.3, -0.25) is 4.79 Å². The molecule has 0 saturated carbocycles. The zero-order valence-electron chi connectivity index (χ0n) is 13.5. The molecule has 0 aliphatic carbocycles. The van der Waals surface area contributed by atoms with Crippen molar-refractivity contribution in [3.63, 3.8) is 0 Å². The van der Waals surface area contributed by atoms with E-state index in [-0.39, 0.29) is 24.4 Å². The molecule has 1 aromatic rings. The molecule has 0 bridgehead atoms. The number of benzene rings is 1. The first-order valence-electron chi connectivity index (χ1n) is 7.88. The lowest BCUT2D eigenvalue weighted by Crippen LogP contribution is -2.42. The number of amides is 1. The standard InChI is InChI=1S/C17H27N3O.ClH/c1-14(19-17(21)11-16-9-6-10-18-16)12-20(2)13-15-7-4-3-5-8-15;/h3-5,7-8,14,16,18H,6,9-13H2,1-2H3,(H,19,21);1H. The van der Waals surface area contributed by atoms with Gasteiger partial charge in [0.1, 0.15) is 0 Å². The van der Waals surface area contributed by atoms with Crippen LogP contribution in [-0.4, -0.2) is 43.0 Å². The minimum Gasteiger partial charge on any atom is -0.352 e.